The molecule has 0 spiro atoms. The Labute approximate surface area is 180 Å². The highest BCUT2D eigenvalue weighted by Gasteiger charge is 2.46. The van der Waals surface area contributed by atoms with Crippen LogP contribution in [0.3, 0.4) is 0 Å². The van der Waals surface area contributed by atoms with Crippen molar-refractivity contribution in [2.24, 2.45) is 5.92 Å². The van der Waals surface area contributed by atoms with Crippen molar-refractivity contribution < 1.29 is 35.9 Å². The van der Waals surface area contributed by atoms with Crippen molar-refractivity contribution in [2.75, 3.05) is 26.7 Å². The minimum Gasteiger partial charge on any atom is -0.444 e. The molecule has 1 aromatic carbocycles. The second kappa shape index (κ2) is 9.05. The number of hydrogen-bond donors (Lipinski definition) is 0. The van der Waals surface area contributed by atoms with Gasteiger partial charge in [-0.1, -0.05) is 0 Å². The molecule has 1 atom stereocenters. The van der Waals surface area contributed by atoms with E-state index in [0.717, 1.165) is 30.7 Å². The molecule has 1 aromatic rings. The van der Waals surface area contributed by atoms with E-state index in [0.29, 0.717) is 26.1 Å². The Morgan fingerprint density at radius 1 is 1.16 bits per heavy atom. The zero-order valence-corrected chi connectivity index (χ0v) is 18.7. The number of hydrogen-bond acceptors (Lipinski definition) is 5. The lowest BCUT2D eigenvalue weighted by atomic mass is 9.97. The Morgan fingerprint density at radius 3 is 2.26 bits per heavy atom. The van der Waals surface area contributed by atoms with Crippen LogP contribution in [0.15, 0.2) is 29.2 Å². The predicted molar refractivity (Wildman–Crippen MR) is 107 cm³/mol. The van der Waals surface area contributed by atoms with Gasteiger partial charge in [0.15, 0.2) is 0 Å². The van der Waals surface area contributed by atoms with Crippen LogP contribution >= 0.6 is 0 Å². The Morgan fingerprint density at radius 2 is 1.74 bits per heavy atom. The summed E-state index contributed by atoms with van der Waals surface area (Å²) in [7, 11) is -3.84. The molecule has 0 saturated carbocycles. The fourth-order valence-electron chi connectivity index (χ4n) is 3.29. The van der Waals surface area contributed by atoms with Crippen molar-refractivity contribution in [1.29, 1.82) is 0 Å². The zero-order chi connectivity index (χ0) is 23.6. The number of benzene rings is 1. The van der Waals surface area contributed by atoms with Crippen LogP contribution in [0, 0.1) is 5.92 Å². The molecule has 1 saturated heterocycles. The van der Waals surface area contributed by atoms with Crippen molar-refractivity contribution in [3.05, 3.63) is 29.8 Å². The van der Waals surface area contributed by atoms with Crippen molar-refractivity contribution in [2.45, 2.75) is 49.6 Å². The lowest BCUT2D eigenvalue weighted by Gasteiger charge is -2.35. The normalized spacial score (nSPS) is 17.9. The van der Waals surface area contributed by atoms with Gasteiger partial charge >= 0.3 is 11.6 Å². The van der Waals surface area contributed by atoms with Crippen molar-refractivity contribution >= 4 is 21.8 Å². The molecule has 0 radical (unpaired) electrons. The molecule has 0 bridgehead atoms. The third-order valence-electron chi connectivity index (χ3n) is 4.76. The van der Waals surface area contributed by atoms with Gasteiger partial charge in [0.25, 0.3) is 15.7 Å². The maximum atomic E-state index is 12.8. The molecule has 11 heteroatoms. The maximum absolute atomic E-state index is 12.8. The number of halogens is 3. The van der Waals surface area contributed by atoms with Crippen molar-refractivity contribution in [3.8, 4) is 0 Å². The largest absolute Gasteiger partial charge is 0.501 e. The topological polar surface area (TPSA) is 84.0 Å². The Balaban J connectivity index is 2.04. The number of nitrogens with zero attached hydrogens (tertiary/aromatic N) is 2. The standard InChI is InChI=1S/C20H27F3N2O5S/c1-19(2,3)30-18(27)24(4)12-14-6-5-11-25(13-14)17(26)15-7-9-16(10-8-15)31(28,29)20(21,22)23/h7-10,14H,5-6,11-13H2,1-4H3. The molecule has 1 fully saturated rings. The number of alkyl halides is 3. The number of piperidine rings is 1. The zero-order valence-electron chi connectivity index (χ0n) is 17.9. The van der Waals surface area contributed by atoms with Gasteiger partial charge in [0.05, 0.1) is 4.90 Å². The minimum absolute atomic E-state index is 0.0140. The molecule has 7 nitrogen and oxygen atoms in total. The summed E-state index contributed by atoms with van der Waals surface area (Å²) in [5.41, 5.74) is -5.92. The number of sulfone groups is 1. The molecule has 0 N–H and O–H groups in total. The van der Waals surface area contributed by atoms with E-state index >= 15 is 0 Å². The van der Waals surface area contributed by atoms with E-state index in [1.165, 1.54) is 4.90 Å². The SMILES string of the molecule is CN(CC1CCCN(C(=O)c2ccc(S(=O)(=O)C(F)(F)F)cc2)C1)C(=O)OC(C)(C)C. The van der Waals surface area contributed by atoms with Crippen molar-refractivity contribution in [1.82, 2.24) is 9.80 Å². The summed E-state index contributed by atoms with van der Waals surface area (Å²) in [4.78, 5) is 27.0. The molecular formula is C20H27F3N2O5S. The quantitative estimate of drug-likeness (QED) is 0.679. The van der Waals surface area contributed by atoms with Gasteiger partial charge in [-0.3, -0.25) is 4.79 Å². The Hall–Kier alpha value is -2.30. The van der Waals surface area contributed by atoms with E-state index in [1.54, 1.807) is 32.7 Å². The van der Waals surface area contributed by atoms with Gasteiger partial charge < -0.3 is 14.5 Å². The molecule has 1 aliphatic heterocycles. The summed E-state index contributed by atoms with van der Waals surface area (Å²) in [6.07, 6.45) is 1.05. The summed E-state index contributed by atoms with van der Waals surface area (Å²) >= 11 is 0. The molecule has 174 valence electrons. The predicted octanol–water partition coefficient (Wildman–Crippen LogP) is 3.70. The number of rotatable bonds is 4. The van der Waals surface area contributed by atoms with Gasteiger partial charge in [-0.15, -0.1) is 0 Å². The van der Waals surface area contributed by atoms with Crippen LogP contribution in [-0.2, 0) is 14.6 Å². The average Bonchev–Trinajstić information content (AvgIpc) is 2.65. The number of carbonyl (C=O) groups is 2. The van der Waals surface area contributed by atoms with E-state index < -0.39 is 37.8 Å². The number of likely N-dealkylation sites (tertiary alicyclic amines) is 1. The molecule has 1 aliphatic rings. The first-order valence-electron chi connectivity index (χ1n) is 9.76. The van der Waals surface area contributed by atoms with Gasteiger partial charge in [0, 0.05) is 32.2 Å². The molecule has 0 aliphatic carbocycles. The van der Waals surface area contributed by atoms with E-state index in [2.05, 4.69) is 0 Å². The fraction of sp³-hybridized carbons (Fsp3) is 0.600. The first-order chi connectivity index (χ1) is 14.1. The second-order valence-electron chi connectivity index (χ2n) is 8.59. The second-order valence-corrected chi connectivity index (χ2v) is 10.5. The molecule has 1 unspecified atom stereocenters. The molecule has 1 heterocycles. The van der Waals surface area contributed by atoms with Crippen LogP contribution in [0.25, 0.3) is 0 Å². The van der Waals surface area contributed by atoms with Crippen LogP contribution < -0.4 is 0 Å². The number of ether oxygens (including phenoxy) is 1. The van der Waals surface area contributed by atoms with Crippen LogP contribution in [0.5, 0.6) is 0 Å². The van der Waals surface area contributed by atoms with Crippen LogP contribution in [0.4, 0.5) is 18.0 Å². The third-order valence-corrected chi connectivity index (χ3v) is 6.26. The lowest BCUT2D eigenvalue weighted by molar-refractivity contribution is -0.0436. The molecule has 31 heavy (non-hydrogen) atoms. The Bertz CT molecular complexity index is 908. The Kier molecular flexibility index (Phi) is 7.29. The monoisotopic (exact) mass is 464 g/mol. The van der Waals surface area contributed by atoms with E-state index in [9.17, 15) is 31.2 Å². The van der Waals surface area contributed by atoms with E-state index in [-0.39, 0.29) is 11.5 Å². The average molecular weight is 465 g/mol. The molecule has 0 aromatic heterocycles. The number of carbonyl (C=O) groups excluding carboxylic acids is 2. The summed E-state index contributed by atoms with van der Waals surface area (Å²) in [5.74, 6) is -0.388. The first-order valence-corrected chi connectivity index (χ1v) is 11.2. The molecule has 2 rings (SSSR count). The molecular weight excluding hydrogens is 437 g/mol. The highest BCUT2D eigenvalue weighted by atomic mass is 32.2. The highest BCUT2D eigenvalue weighted by molar-refractivity contribution is 7.92. The summed E-state index contributed by atoms with van der Waals surface area (Å²) in [5, 5.41) is 0. The van der Waals surface area contributed by atoms with Gasteiger partial charge in [0.1, 0.15) is 5.60 Å². The smallest absolute Gasteiger partial charge is 0.444 e. The van der Waals surface area contributed by atoms with Gasteiger partial charge in [-0.2, -0.15) is 13.2 Å². The third kappa shape index (κ3) is 6.34. The lowest BCUT2D eigenvalue weighted by Crippen LogP contribution is -2.45. The summed E-state index contributed by atoms with van der Waals surface area (Å²) in [6, 6.07) is 3.73. The van der Waals surface area contributed by atoms with E-state index in [4.69, 9.17) is 4.74 Å². The van der Waals surface area contributed by atoms with Crippen LogP contribution in [0.1, 0.15) is 44.0 Å². The van der Waals surface area contributed by atoms with Gasteiger partial charge in [-0.05, 0) is 63.8 Å². The summed E-state index contributed by atoms with van der Waals surface area (Å²) < 4.78 is 66.2. The maximum Gasteiger partial charge on any atom is 0.501 e. The first kappa shape index (κ1) is 25.0. The minimum atomic E-state index is -5.46. The fourth-order valence-corrected chi connectivity index (χ4v) is 4.05. The summed E-state index contributed by atoms with van der Waals surface area (Å²) in [6.45, 7) is 6.53. The van der Waals surface area contributed by atoms with Gasteiger partial charge in [-0.25, -0.2) is 13.2 Å². The highest BCUT2D eigenvalue weighted by Crippen LogP contribution is 2.30. The van der Waals surface area contributed by atoms with Crippen LogP contribution in [-0.4, -0.2) is 68.0 Å². The van der Waals surface area contributed by atoms with Crippen molar-refractivity contribution in [3.63, 3.8) is 0 Å². The molecule has 2 amide bonds. The van der Waals surface area contributed by atoms with Crippen LogP contribution in [0.2, 0.25) is 0 Å². The van der Waals surface area contributed by atoms with E-state index in [1.807, 2.05) is 0 Å². The number of amides is 2. The van der Waals surface area contributed by atoms with Gasteiger partial charge in [0.2, 0.25) is 0 Å².